The van der Waals surface area contributed by atoms with Crippen LogP contribution in [0.15, 0.2) is 66.0 Å². The number of ether oxygens (including phenoxy) is 2. The maximum Gasteiger partial charge on any atom is 0.336 e. The second-order valence-corrected chi connectivity index (χ2v) is 7.97. The molecule has 32 heavy (non-hydrogen) atoms. The molecule has 4 aromatic rings. The lowest BCUT2D eigenvalue weighted by Crippen LogP contribution is -2.10. The molecule has 4 rings (SSSR count). The van der Waals surface area contributed by atoms with E-state index < -0.39 is 0 Å². The minimum atomic E-state index is -0.144. The number of benzene rings is 2. The van der Waals surface area contributed by atoms with Crippen molar-refractivity contribution in [1.82, 2.24) is 14.8 Å². The number of amides is 1. The Morgan fingerprint density at radius 2 is 1.94 bits per heavy atom. The summed E-state index contributed by atoms with van der Waals surface area (Å²) in [6.45, 7) is 5.43. The van der Waals surface area contributed by atoms with Gasteiger partial charge in [-0.3, -0.25) is 4.79 Å². The number of anilines is 1. The van der Waals surface area contributed by atoms with Gasteiger partial charge >= 0.3 is 6.01 Å². The summed E-state index contributed by atoms with van der Waals surface area (Å²) in [5, 5.41) is 9.38. The highest BCUT2D eigenvalue weighted by molar-refractivity contribution is 7.12. The van der Waals surface area contributed by atoms with E-state index in [-0.39, 0.29) is 11.9 Å². The van der Waals surface area contributed by atoms with Crippen LogP contribution in [0.4, 0.5) is 5.69 Å². The lowest BCUT2D eigenvalue weighted by Gasteiger charge is -2.09. The van der Waals surface area contributed by atoms with E-state index in [1.807, 2.05) is 73.8 Å². The number of thiophene rings is 1. The van der Waals surface area contributed by atoms with Crippen LogP contribution in [0.5, 0.6) is 6.01 Å². The van der Waals surface area contributed by atoms with Gasteiger partial charge in [0.05, 0.1) is 17.2 Å². The van der Waals surface area contributed by atoms with Crippen molar-refractivity contribution in [3.63, 3.8) is 0 Å². The molecule has 0 fully saturated rings. The molecule has 1 amide bonds. The lowest BCUT2D eigenvalue weighted by atomic mass is 10.1. The van der Waals surface area contributed by atoms with E-state index in [1.54, 1.807) is 10.7 Å². The van der Waals surface area contributed by atoms with Crippen LogP contribution in [0, 0.1) is 6.92 Å². The maximum absolute atomic E-state index is 12.5. The molecule has 0 unspecified atom stereocenters. The van der Waals surface area contributed by atoms with E-state index in [9.17, 15) is 4.79 Å². The summed E-state index contributed by atoms with van der Waals surface area (Å²) >= 11 is 1.40. The van der Waals surface area contributed by atoms with Crippen LogP contribution in [0.1, 0.15) is 22.2 Å². The summed E-state index contributed by atoms with van der Waals surface area (Å²) in [6, 6.07) is 19.5. The molecule has 7 nitrogen and oxygen atoms in total. The van der Waals surface area contributed by atoms with Crippen LogP contribution in [0.2, 0.25) is 0 Å². The highest BCUT2D eigenvalue weighted by Gasteiger charge is 2.16. The van der Waals surface area contributed by atoms with Gasteiger partial charge < -0.3 is 14.8 Å². The normalized spacial score (nSPS) is 10.8. The van der Waals surface area contributed by atoms with Gasteiger partial charge in [0.25, 0.3) is 5.91 Å². The zero-order valence-corrected chi connectivity index (χ0v) is 18.8. The topological polar surface area (TPSA) is 78.3 Å². The third-order valence-corrected chi connectivity index (χ3v) is 5.52. The van der Waals surface area contributed by atoms with E-state index >= 15 is 0 Å². The smallest absolute Gasteiger partial charge is 0.336 e. The highest BCUT2D eigenvalue weighted by atomic mass is 32.1. The van der Waals surface area contributed by atoms with Crippen LogP contribution in [-0.4, -0.2) is 40.5 Å². The van der Waals surface area contributed by atoms with Crippen LogP contribution < -0.4 is 10.1 Å². The Bertz CT molecular complexity index is 1170. The molecule has 0 aliphatic carbocycles. The first-order chi connectivity index (χ1) is 15.6. The molecule has 0 aliphatic rings. The molecular formula is C24H24N4O3S. The van der Waals surface area contributed by atoms with Crippen molar-refractivity contribution in [3.8, 4) is 23.1 Å². The quantitative estimate of drug-likeness (QED) is 0.366. The average molecular weight is 449 g/mol. The van der Waals surface area contributed by atoms with Crippen LogP contribution in [-0.2, 0) is 4.74 Å². The van der Waals surface area contributed by atoms with Gasteiger partial charge in [-0.1, -0.05) is 42.0 Å². The summed E-state index contributed by atoms with van der Waals surface area (Å²) in [5.41, 5.74) is 3.50. The molecule has 0 saturated heterocycles. The van der Waals surface area contributed by atoms with Crippen molar-refractivity contribution in [2.75, 3.05) is 25.1 Å². The molecule has 2 aromatic heterocycles. The molecular weight excluding hydrogens is 424 g/mol. The summed E-state index contributed by atoms with van der Waals surface area (Å²) in [4.78, 5) is 17.7. The Hall–Kier alpha value is -3.49. The number of carbonyl (C=O) groups is 1. The van der Waals surface area contributed by atoms with Gasteiger partial charge in [-0.2, -0.15) is 4.98 Å². The molecule has 0 aliphatic heterocycles. The third-order valence-electron chi connectivity index (χ3n) is 4.65. The fourth-order valence-corrected chi connectivity index (χ4v) is 3.69. The minimum Gasteiger partial charge on any atom is -0.460 e. The molecule has 8 heteroatoms. The van der Waals surface area contributed by atoms with Gasteiger partial charge in [-0.15, -0.1) is 16.4 Å². The van der Waals surface area contributed by atoms with E-state index in [0.29, 0.717) is 36.2 Å². The van der Waals surface area contributed by atoms with Crippen molar-refractivity contribution in [2.45, 2.75) is 13.8 Å². The second-order valence-electron chi connectivity index (χ2n) is 7.02. The molecule has 0 bridgehead atoms. The Morgan fingerprint density at radius 3 is 2.69 bits per heavy atom. The number of nitrogens with one attached hydrogen (secondary N) is 1. The number of rotatable bonds is 9. The van der Waals surface area contributed by atoms with Crippen molar-refractivity contribution in [1.29, 1.82) is 0 Å². The van der Waals surface area contributed by atoms with E-state index in [0.717, 1.165) is 16.8 Å². The zero-order chi connectivity index (χ0) is 22.3. The number of hydrogen-bond acceptors (Lipinski definition) is 6. The van der Waals surface area contributed by atoms with Gasteiger partial charge in [0, 0.05) is 17.9 Å². The Kier molecular flexibility index (Phi) is 6.94. The first-order valence-electron chi connectivity index (χ1n) is 10.3. The van der Waals surface area contributed by atoms with Crippen LogP contribution in [0.25, 0.3) is 17.1 Å². The number of aryl methyl sites for hydroxylation is 1. The van der Waals surface area contributed by atoms with Crippen molar-refractivity contribution < 1.29 is 14.3 Å². The standard InChI is InChI=1S/C24H24N4O3S/c1-3-30-13-14-31-24-26-22(18-11-9-17(2)10-12-18)28(27-24)20-7-4-6-19(16-20)25-23(29)21-8-5-15-32-21/h4-12,15-16H,3,13-14H2,1-2H3,(H,25,29). The summed E-state index contributed by atoms with van der Waals surface area (Å²) in [6.07, 6.45) is 0. The Morgan fingerprint density at radius 1 is 1.09 bits per heavy atom. The predicted molar refractivity (Wildman–Crippen MR) is 126 cm³/mol. The van der Waals surface area contributed by atoms with E-state index in [2.05, 4.69) is 15.4 Å². The lowest BCUT2D eigenvalue weighted by molar-refractivity contribution is 0.103. The molecule has 0 atom stereocenters. The fourth-order valence-electron chi connectivity index (χ4n) is 3.08. The predicted octanol–water partition coefficient (Wildman–Crippen LogP) is 4.97. The van der Waals surface area contributed by atoms with E-state index in [1.165, 1.54) is 11.3 Å². The van der Waals surface area contributed by atoms with Gasteiger partial charge in [-0.25, -0.2) is 4.68 Å². The third kappa shape index (κ3) is 5.22. The fraction of sp³-hybridized carbons (Fsp3) is 0.208. The van der Waals surface area contributed by atoms with Crippen LogP contribution >= 0.6 is 11.3 Å². The molecule has 0 spiro atoms. The monoisotopic (exact) mass is 448 g/mol. The van der Waals surface area contributed by atoms with Gasteiger partial charge in [-0.05, 0) is 43.5 Å². The summed E-state index contributed by atoms with van der Waals surface area (Å²) < 4.78 is 12.8. The molecule has 0 radical (unpaired) electrons. The SMILES string of the molecule is CCOCCOc1nc(-c2ccc(C)cc2)n(-c2cccc(NC(=O)c3cccs3)c2)n1. The maximum atomic E-state index is 12.5. The molecule has 2 heterocycles. The molecule has 1 N–H and O–H groups in total. The Labute approximate surface area is 190 Å². The van der Waals surface area contributed by atoms with Crippen LogP contribution in [0.3, 0.4) is 0 Å². The van der Waals surface area contributed by atoms with Crippen molar-refractivity contribution >= 4 is 22.9 Å². The van der Waals surface area contributed by atoms with E-state index in [4.69, 9.17) is 9.47 Å². The van der Waals surface area contributed by atoms with Gasteiger partial charge in [0.15, 0.2) is 5.82 Å². The first kappa shape index (κ1) is 21.7. The summed E-state index contributed by atoms with van der Waals surface area (Å²) in [7, 11) is 0. The molecule has 2 aromatic carbocycles. The van der Waals surface area contributed by atoms with Crippen molar-refractivity contribution in [3.05, 3.63) is 76.5 Å². The molecule has 164 valence electrons. The number of aromatic nitrogens is 3. The minimum absolute atomic E-state index is 0.144. The zero-order valence-electron chi connectivity index (χ0n) is 17.9. The summed E-state index contributed by atoms with van der Waals surface area (Å²) in [5.74, 6) is 0.507. The average Bonchev–Trinajstić information content (AvgIpc) is 3.48. The van der Waals surface area contributed by atoms with Crippen molar-refractivity contribution in [2.24, 2.45) is 0 Å². The van der Waals surface area contributed by atoms with Gasteiger partial charge in [0.2, 0.25) is 0 Å². The number of hydrogen-bond donors (Lipinski definition) is 1. The van der Waals surface area contributed by atoms with Gasteiger partial charge in [0.1, 0.15) is 6.61 Å². The molecule has 0 saturated carbocycles. The largest absolute Gasteiger partial charge is 0.460 e. The number of carbonyl (C=O) groups excluding carboxylic acids is 1. The first-order valence-corrected chi connectivity index (χ1v) is 11.2. The number of nitrogens with zero attached hydrogens (tertiary/aromatic N) is 3. The Balaban J connectivity index is 1.64. The second kappa shape index (κ2) is 10.2. The highest BCUT2D eigenvalue weighted by Crippen LogP contribution is 2.25.